The van der Waals surface area contributed by atoms with Crippen LogP contribution in [0.25, 0.3) is 20.4 Å². The summed E-state index contributed by atoms with van der Waals surface area (Å²) in [4.78, 5) is 42.4. The van der Waals surface area contributed by atoms with E-state index in [-0.39, 0.29) is 12.4 Å². The highest BCUT2D eigenvalue weighted by atomic mass is 35.5. The average molecular weight is 930 g/mol. The summed E-state index contributed by atoms with van der Waals surface area (Å²) in [6.07, 6.45) is 7.29. The molecule has 2 saturated heterocycles. The first-order valence-corrected chi connectivity index (χ1v) is 24.5. The highest BCUT2D eigenvalue weighted by molar-refractivity contribution is 7.22. The molecule has 4 aromatic carbocycles. The number of esters is 1. The Labute approximate surface area is 389 Å². The van der Waals surface area contributed by atoms with Crippen molar-refractivity contribution in [2.75, 3.05) is 56.2 Å². The van der Waals surface area contributed by atoms with Crippen molar-refractivity contribution < 1.29 is 19.4 Å². The molecule has 2 aromatic heterocycles. The van der Waals surface area contributed by atoms with Gasteiger partial charge in [0.15, 0.2) is 10.3 Å². The number of carboxylic acids is 1. The number of carbonyl (C=O) groups excluding carboxylic acids is 1. The number of anilines is 2. The Kier molecular flexibility index (Phi) is 16.7. The summed E-state index contributed by atoms with van der Waals surface area (Å²) in [5.41, 5.74) is 6.32. The van der Waals surface area contributed by atoms with Crippen LogP contribution in [0, 0.1) is 0 Å². The maximum atomic E-state index is 11.7. The second-order valence-corrected chi connectivity index (χ2v) is 19.5. The van der Waals surface area contributed by atoms with Crippen LogP contribution in [0.15, 0.2) is 84.9 Å². The van der Waals surface area contributed by atoms with Gasteiger partial charge < -0.3 is 19.6 Å². The number of halogens is 2. The van der Waals surface area contributed by atoms with Crippen LogP contribution < -0.4 is 9.80 Å². The molecule has 0 spiro atoms. The standard InChI is InChI=1S/C25H30ClN3O2S.C24H28ClN3O2S/c1-3-4-11-28(16-19-7-5-6-18(13-19)14-24(30)31-2)21-10-12-29(17-21)25-27-22-9-8-20(26)15-23(22)32-25;1-2-3-10-27(15-18-6-4-5-17(12-18)13-23(29)30)20-9-11-28(16-20)24-26-21-8-7-19(25)14-22(21)31-24/h5-9,13,15,21H,3-4,10-12,14,16-17H2,1-2H3;4-8,12,14,20H,2-3,9-11,13,15-16H2,1H3,(H,29,30). The van der Waals surface area contributed by atoms with Crippen LogP contribution in [0.4, 0.5) is 10.3 Å². The van der Waals surface area contributed by atoms with Crippen molar-refractivity contribution in [2.24, 2.45) is 0 Å². The zero-order valence-corrected chi connectivity index (χ0v) is 39.6. The topological polar surface area (TPSA) is 102 Å². The molecular weight excluding hydrogens is 872 g/mol. The minimum Gasteiger partial charge on any atom is -0.481 e. The third kappa shape index (κ3) is 12.9. The summed E-state index contributed by atoms with van der Waals surface area (Å²) in [6, 6.07) is 29.1. The molecule has 2 aliphatic rings. The lowest BCUT2D eigenvalue weighted by Crippen LogP contribution is -2.37. The molecule has 14 heteroatoms. The number of methoxy groups -OCH3 is 1. The normalized spacial score (nSPS) is 16.4. The van der Waals surface area contributed by atoms with E-state index in [0.717, 1.165) is 130 Å². The van der Waals surface area contributed by atoms with Gasteiger partial charge in [-0.3, -0.25) is 19.4 Å². The third-order valence-electron chi connectivity index (χ3n) is 11.9. The van der Waals surface area contributed by atoms with Crippen molar-refractivity contribution in [3.8, 4) is 0 Å². The maximum absolute atomic E-state index is 11.7. The number of aliphatic carboxylic acids is 1. The van der Waals surface area contributed by atoms with E-state index < -0.39 is 5.97 Å². The van der Waals surface area contributed by atoms with Crippen molar-refractivity contribution in [2.45, 2.75) is 90.4 Å². The van der Waals surface area contributed by atoms with E-state index >= 15 is 0 Å². The smallest absolute Gasteiger partial charge is 0.309 e. The number of benzene rings is 4. The van der Waals surface area contributed by atoms with E-state index in [1.807, 2.05) is 66.7 Å². The minimum absolute atomic E-state index is 0.0711. The summed E-state index contributed by atoms with van der Waals surface area (Å²) in [5.74, 6) is -0.989. The lowest BCUT2D eigenvalue weighted by Gasteiger charge is -2.29. The second kappa shape index (κ2) is 22.5. The molecule has 63 heavy (non-hydrogen) atoms. The molecule has 0 amide bonds. The zero-order chi connectivity index (χ0) is 44.3. The Morgan fingerprint density at radius 2 is 1.16 bits per heavy atom. The number of ether oxygens (including phenoxy) is 1. The van der Waals surface area contributed by atoms with Crippen LogP contribution >= 0.6 is 45.9 Å². The molecule has 1 N–H and O–H groups in total. The Hall–Kier alpha value is -4.30. The predicted octanol–water partition coefficient (Wildman–Crippen LogP) is 11.0. The number of carboxylic acid groups (broad SMARTS) is 1. The summed E-state index contributed by atoms with van der Waals surface area (Å²) in [6.45, 7) is 12.3. The minimum atomic E-state index is -0.788. The zero-order valence-electron chi connectivity index (χ0n) is 36.5. The van der Waals surface area contributed by atoms with Crippen LogP contribution in [0.5, 0.6) is 0 Å². The molecule has 334 valence electrons. The number of carbonyl (C=O) groups is 2. The van der Waals surface area contributed by atoms with Gasteiger partial charge in [0, 0.05) is 61.4 Å². The van der Waals surface area contributed by atoms with Crippen molar-refractivity contribution >= 4 is 88.5 Å². The summed E-state index contributed by atoms with van der Waals surface area (Å²) < 4.78 is 7.09. The third-order valence-corrected chi connectivity index (χ3v) is 14.5. The molecule has 2 atom stereocenters. The van der Waals surface area contributed by atoms with Crippen molar-refractivity contribution in [1.29, 1.82) is 0 Å². The van der Waals surface area contributed by atoms with E-state index in [1.54, 1.807) is 22.7 Å². The molecule has 2 fully saturated rings. The molecule has 6 aromatic rings. The molecule has 0 aliphatic carbocycles. The van der Waals surface area contributed by atoms with Crippen LogP contribution in [0.2, 0.25) is 10.0 Å². The number of hydrogen-bond acceptors (Lipinski definition) is 11. The number of thiazole rings is 2. The average Bonchev–Trinajstić information content (AvgIpc) is 4.10. The van der Waals surface area contributed by atoms with Crippen molar-refractivity contribution in [3.63, 3.8) is 0 Å². The van der Waals surface area contributed by atoms with Gasteiger partial charge in [-0.25, -0.2) is 9.97 Å². The second-order valence-electron chi connectivity index (χ2n) is 16.6. The maximum Gasteiger partial charge on any atom is 0.309 e. The first-order chi connectivity index (χ1) is 30.6. The molecule has 0 bridgehead atoms. The lowest BCUT2D eigenvalue weighted by molar-refractivity contribution is -0.140. The largest absolute Gasteiger partial charge is 0.481 e. The Balaban J connectivity index is 0.000000189. The Morgan fingerprint density at radius 3 is 1.60 bits per heavy atom. The van der Waals surface area contributed by atoms with E-state index in [4.69, 9.17) is 43.0 Å². The van der Waals surface area contributed by atoms with Gasteiger partial charge in [0.2, 0.25) is 0 Å². The van der Waals surface area contributed by atoms with E-state index in [2.05, 4.69) is 51.6 Å². The number of nitrogens with zero attached hydrogens (tertiary/aromatic N) is 6. The lowest BCUT2D eigenvalue weighted by atomic mass is 10.1. The fourth-order valence-electron chi connectivity index (χ4n) is 8.53. The summed E-state index contributed by atoms with van der Waals surface area (Å²) in [7, 11) is 1.44. The molecule has 10 nitrogen and oxygen atoms in total. The van der Waals surface area contributed by atoms with Gasteiger partial charge >= 0.3 is 11.9 Å². The van der Waals surface area contributed by atoms with E-state index in [0.29, 0.717) is 18.5 Å². The highest BCUT2D eigenvalue weighted by Crippen LogP contribution is 2.35. The Bertz CT molecular complexity index is 2460. The molecule has 0 radical (unpaired) electrons. The van der Waals surface area contributed by atoms with Gasteiger partial charge in [-0.05, 0) is 97.4 Å². The van der Waals surface area contributed by atoms with Crippen LogP contribution in [0.3, 0.4) is 0 Å². The van der Waals surface area contributed by atoms with Gasteiger partial charge in [0.1, 0.15) is 0 Å². The first-order valence-electron chi connectivity index (χ1n) is 22.1. The molecule has 8 rings (SSSR count). The first kappa shape index (κ1) is 46.7. The fraction of sp³-hybridized carbons (Fsp3) is 0.429. The molecule has 4 heterocycles. The molecule has 2 aliphatic heterocycles. The number of unbranched alkanes of at least 4 members (excludes halogenated alkanes) is 2. The number of rotatable bonds is 18. The Morgan fingerprint density at radius 1 is 0.698 bits per heavy atom. The highest BCUT2D eigenvalue weighted by Gasteiger charge is 2.31. The van der Waals surface area contributed by atoms with Gasteiger partial charge in [0.25, 0.3) is 0 Å². The van der Waals surface area contributed by atoms with E-state index in [1.165, 1.54) is 31.1 Å². The predicted molar refractivity (Wildman–Crippen MR) is 261 cm³/mol. The molecular formula is C49H58Cl2N6O4S2. The van der Waals surface area contributed by atoms with Gasteiger partial charge in [0.05, 0.1) is 40.4 Å². The summed E-state index contributed by atoms with van der Waals surface area (Å²) in [5, 5.41) is 12.8. The van der Waals surface area contributed by atoms with Crippen LogP contribution in [-0.2, 0) is 40.3 Å². The molecule has 2 unspecified atom stereocenters. The van der Waals surface area contributed by atoms with Crippen molar-refractivity contribution in [1.82, 2.24) is 19.8 Å². The van der Waals surface area contributed by atoms with Gasteiger partial charge in [-0.1, -0.05) is 121 Å². The number of aromatic nitrogens is 2. The van der Waals surface area contributed by atoms with E-state index in [9.17, 15) is 9.59 Å². The quantitative estimate of drug-likeness (QED) is 0.0838. The fourth-order valence-corrected chi connectivity index (χ4v) is 11.1. The van der Waals surface area contributed by atoms with Gasteiger partial charge in [-0.15, -0.1) is 0 Å². The van der Waals surface area contributed by atoms with Crippen molar-refractivity contribution in [3.05, 3.63) is 117 Å². The summed E-state index contributed by atoms with van der Waals surface area (Å²) >= 11 is 15.7. The monoisotopic (exact) mass is 928 g/mol. The number of fused-ring (bicyclic) bond motifs is 2. The molecule has 0 saturated carbocycles. The van der Waals surface area contributed by atoms with Crippen LogP contribution in [0.1, 0.15) is 74.6 Å². The van der Waals surface area contributed by atoms with Gasteiger partial charge in [-0.2, -0.15) is 0 Å². The SMILES string of the molecule is CCCCN(Cc1cccc(CC(=O)O)c1)C1CCN(c2nc3ccc(Cl)cc3s2)C1.CCCCN(Cc1cccc(CC(=O)OC)c1)C1CCN(c2nc3ccc(Cl)cc3s2)C1. The number of hydrogen-bond donors (Lipinski definition) is 1. The van der Waals surface area contributed by atoms with Crippen LogP contribution in [-0.4, -0.2) is 95.3 Å².